The van der Waals surface area contributed by atoms with E-state index in [1.54, 1.807) is 6.07 Å². The molecule has 1 N–H and O–H groups in total. The molecular weight excluding hydrogens is 296 g/mol. The number of benzene rings is 2. The zero-order chi connectivity index (χ0) is 16.1. The fourth-order valence-electron chi connectivity index (χ4n) is 3.47. The van der Waals surface area contributed by atoms with Crippen LogP contribution >= 0.6 is 0 Å². The number of aliphatic hydroxyl groups is 1. The van der Waals surface area contributed by atoms with Crippen molar-refractivity contribution in [3.8, 4) is 0 Å². The number of likely N-dealkylation sites (N-methyl/N-ethyl adjacent to an activating group) is 1. The molecule has 1 aromatic heterocycles. The number of aliphatic hydroxyl groups excluding tert-OH is 1. The molecule has 1 aliphatic rings. The van der Waals surface area contributed by atoms with E-state index in [2.05, 4.69) is 0 Å². The molecule has 6 nitrogen and oxygen atoms in total. The van der Waals surface area contributed by atoms with Gasteiger partial charge < -0.3 is 14.4 Å². The highest BCUT2D eigenvalue weighted by atomic mass is 16.6. The molecule has 0 fully saturated rings. The van der Waals surface area contributed by atoms with Gasteiger partial charge in [0.2, 0.25) is 0 Å². The summed E-state index contributed by atoms with van der Waals surface area (Å²) in [7, 11) is 1.87. The maximum absolute atomic E-state index is 11.5. The molecule has 0 radical (unpaired) electrons. The Hall–Kier alpha value is -2.60. The highest BCUT2D eigenvalue weighted by Gasteiger charge is 2.31. The molecule has 0 amide bonds. The Morgan fingerprint density at radius 1 is 1.35 bits per heavy atom. The average molecular weight is 312 g/mol. The fraction of sp³-hybridized carbons (Fsp3) is 0.294. The lowest BCUT2D eigenvalue weighted by molar-refractivity contribution is -0.384. The van der Waals surface area contributed by atoms with Gasteiger partial charge >= 0.3 is 0 Å². The van der Waals surface area contributed by atoms with Crippen molar-refractivity contribution in [2.24, 2.45) is 0 Å². The first-order chi connectivity index (χ1) is 11.1. The van der Waals surface area contributed by atoms with Crippen LogP contribution in [0.4, 0.5) is 11.4 Å². The van der Waals surface area contributed by atoms with Crippen molar-refractivity contribution in [2.45, 2.75) is 12.8 Å². The Bertz CT molecular complexity index is 945. The summed E-state index contributed by atoms with van der Waals surface area (Å²) in [4.78, 5) is 13.1. The normalized spacial score (nSPS) is 13.9. The zero-order valence-electron chi connectivity index (χ0n) is 12.7. The van der Waals surface area contributed by atoms with Crippen LogP contribution in [-0.4, -0.2) is 30.2 Å². The minimum atomic E-state index is -0.323. The largest absolute Gasteiger partial charge is 0.456 e. The molecule has 0 saturated heterocycles. The molecule has 23 heavy (non-hydrogen) atoms. The Morgan fingerprint density at radius 2 is 2.17 bits per heavy atom. The summed E-state index contributed by atoms with van der Waals surface area (Å²) >= 11 is 0. The van der Waals surface area contributed by atoms with Gasteiger partial charge in [0, 0.05) is 42.6 Å². The topological polar surface area (TPSA) is 79.8 Å². The summed E-state index contributed by atoms with van der Waals surface area (Å²) in [6.07, 6.45) is 1.30. The van der Waals surface area contributed by atoms with E-state index in [0.29, 0.717) is 12.1 Å². The molecule has 4 rings (SSSR count). The lowest BCUT2D eigenvalue weighted by atomic mass is 10.0. The second kappa shape index (κ2) is 4.96. The molecule has 0 atom stereocenters. The van der Waals surface area contributed by atoms with E-state index >= 15 is 0 Å². The number of furan rings is 1. The van der Waals surface area contributed by atoms with Crippen LogP contribution in [0, 0.1) is 10.1 Å². The van der Waals surface area contributed by atoms with Crippen LogP contribution in [0.25, 0.3) is 21.9 Å². The van der Waals surface area contributed by atoms with Crippen LogP contribution in [0.15, 0.2) is 28.7 Å². The fourth-order valence-corrected chi connectivity index (χ4v) is 3.47. The SMILES string of the molecule is CN1CCc2c1c([N+](=O)[O-])cc1c2oc2ccc(CCO)cc21. The molecule has 1 aliphatic heterocycles. The number of fused-ring (bicyclic) bond motifs is 5. The highest BCUT2D eigenvalue weighted by molar-refractivity contribution is 6.09. The molecule has 2 aromatic carbocycles. The van der Waals surface area contributed by atoms with Gasteiger partial charge in [-0.3, -0.25) is 10.1 Å². The van der Waals surface area contributed by atoms with Crippen molar-refractivity contribution < 1.29 is 14.4 Å². The molecule has 0 aliphatic carbocycles. The first kappa shape index (κ1) is 14.0. The number of nitro groups is 1. The molecule has 3 aromatic rings. The van der Waals surface area contributed by atoms with Crippen molar-refractivity contribution in [1.29, 1.82) is 0 Å². The smallest absolute Gasteiger partial charge is 0.293 e. The molecule has 118 valence electrons. The Morgan fingerprint density at radius 3 is 2.91 bits per heavy atom. The average Bonchev–Trinajstić information content (AvgIpc) is 3.08. The van der Waals surface area contributed by atoms with E-state index in [-0.39, 0.29) is 17.2 Å². The summed E-state index contributed by atoms with van der Waals surface area (Å²) < 4.78 is 6.00. The van der Waals surface area contributed by atoms with Gasteiger partial charge in [-0.2, -0.15) is 0 Å². The number of anilines is 1. The van der Waals surface area contributed by atoms with E-state index in [0.717, 1.165) is 46.0 Å². The van der Waals surface area contributed by atoms with Crippen molar-refractivity contribution in [3.05, 3.63) is 45.5 Å². The Kier molecular flexibility index (Phi) is 3.02. The van der Waals surface area contributed by atoms with Crippen LogP contribution in [0.5, 0.6) is 0 Å². The van der Waals surface area contributed by atoms with Crippen LogP contribution < -0.4 is 4.90 Å². The highest BCUT2D eigenvalue weighted by Crippen LogP contribution is 2.44. The molecule has 0 bridgehead atoms. The van der Waals surface area contributed by atoms with Gasteiger partial charge in [0.05, 0.1) is 4.92 Å². The van der Waals surface area contributed by atoms with Crippen molar-refractivity contribution in [2.75, 3.05) is 25.1 Å². The van der Waals surface area contributed by atoms with Gasteiger partial charge in [0.15, 0.2) is 0 Å². The van der Waals surface area contributed by atoms with E-state index < -0.39 is 0 Å². The molecule has 0 unspecified atom stereocenters. The number of hydrogen-bond acceptors (Lipinski definition) is 5. The van der Waals surface area contributed by atoms with E-state index in [4.69, 9.17) is 9.52 Å². The number of rotatable bonds is 3. The van der Waals surface area contributed by atoms with Crippen LogP contribution in [0.3, 0.4) is 0 Å². The third-order valence-corrected chi connectivity index (χ3v) is 4.55. The zero-order valence-corrected chi connectivity index (χ0v) is 12.7. The van der Waals surface area contributed by atoms with Gasteiger partial charge in [-0.05, 0) is 30.5 Å². The Balaban J connectivity index is 2.08. The summed E-state index contributed by atoms with van der Waals surface area (Å²) in [5, 5.41) is 22.2. The van der Waals surface area contributed by atoms with Crippen LogP contribution in [-0.2, 0) is 12.8 Å². The molecular formula is C17H16N2O4. The Labute approximate surface area is 132 Å². The van der Waals surface area contributed by atoms with Crippen LogP contribution in [0.2, 0.25) is 0 Å². The van der Waals surface area contributed by atoms with E-state index in [1.165, 1.54) is 0 Å². The number of nitrogens with zero attached hydrogens (tertiary/aromatic N) is 2. The van der Waals surface area contributed by atoms with Gasteiger partial charge in [0.1, 0.15) is 16.9 Å². The summed E-state index contributed by atoms with van der Waals surface area (Å²) in [6, 6.07) is 7.36. The summed E-state index contributed by atoms with van der Waals surface area (Å²) in [6.45, 7) is 0.823. The first-order valence-corrected chi connectivity index (χ1v) is 7.57. The maximum atomic E-state index is 11.5. The second-order valence-electron chi connectivity index (χ2n) is 5.93. The minimum absolute atomic E-state index is 0.0711. The minimum Gasteiger partial charge on any atom is -0.456 e. The molecule has 6 heteroatoms. The van der Waals surface area contributed by atoms with E-state index in [9.17, 15) is 10.1 Å². The second-order valence-corrected chi connectivity index (χ2v) is 5.93. The van der Waals surface area contributed by atoms with Crippen LogP contribution in [0.1, 0.15) is 11.1 Å². The van der Waals surface area contributed by atoms with Gasteiger partial charge in [-0.1, -0.05) is 6.07 Å². The third kappa shape index (κ3) is 1.98. The number of hydrogen-bond donors (Lipinski definition) is 1. The van der Waals surface area contributed by atoms with Gasteiger partial charge in [0.25, 0.3) is 5.69 Å². The lowest BCUT2D eigenvalue weighted by Crippen LogP contribution is -2.13. The van der Waals surface area contributed by atoms with E-state index in [1.807, 2.05) is 30.1 Å². The maximum Gasteiger partial charge on any atom is 0.293 e. The predicted octanol–water partition coefficient (Wildman–Crippen LogP) is 3.02. The van der Waals surface area contributed by atoms with Gasteiger partial charge in [-0.15, -0.1) is 0 Å². The quantitative estimate of drug-likeness (QED) is 0.594. The summed E-state index contributed by atoms with van der Waals surface area (Å²) in [5.41, 5.74) is 4.16. The third-order valence-electron chi connectivity index (χ3n) is 4.55. The standard InChI is InChI=1S/C17H16N2O4/c1-18-6-4-11-16(18)14(19(21)22)9-13-12-8-10(5-7-20)2-3-15(12)23-17(11)13/h2-3,8-9,20H,4-7H2,1H3. The monoisotopic (exact) mass is 312 g/mol. The van der Waals surface area contributed by atoms with Gasteiger partial charge in [-0.25, -0.2) is 0 Å². The lowest BCUT2D eigenvalue weighted by Gasteiger charge is -2.11. The number of nitro benzene ring substituents is 1. The molecule has 0 spiro atoms. The first-order valence-electron chi connectivity index (χ1n) is 7.57. The molecule has 0 saturated carbocycles. The summed E-state index contributed by atoms with van der Waals surface area (Å²) in [5.74, 6) is 0. The van der Waals surface area contributed by atoms with Crippen molar-refractivity contribution >= 4 is 33.3 Å². The van der Waals surface area contributed by atoms with Crippen molar-refractivity contribution in [3.63, 3.8) is 0 Å². The molecule has 2 heterocycles. The predicted molar refractivity (Wildman–Crippen MR) is 88.1 cm³/mol. The van der Waals surface area contributed by atoms with Crippen molar-refractivity contribution in [1.82, 2.24) is 0 Å².